The molecule has 2 aromatic rings. The van der Waals surface area contributed by atoms with Crippen LogP contribution in [0, 0.1) is 0 Å². The highest BCUT2D eigenvalue weighted by molar-refractivity contribution is 7.98. The summed E-state index contributed by atoms with van der Waals surface area (Å²) < 4.78 is 5.36. The van der Waals surface area contributed by atoms with Crippen molar-refractivity contribution in [3.05, 3.63) is 30.2 Å². The third kappa shape index (κ3) is 4.16. The van der Waals surface area contributed by atoms with Crippen molar-refractivity contribution in [1.82, 2.24) is 9.97 Å². The molecule has 108 valence electrons. The van der Waals surface area contributed by atoms with Gasteiger partial charge in [0.15, 0.2) is 5.16 Å². The van der Waals surface area contributed by atoms with Gasteiger partial charge in [-0.05, 0) is 32.2 Å². The summed E-state index contributed by atoms with van der Waals surface area (Å²) in [5.74, 6) is 2.65. The zero-order valence-corrected chi connectivity index (χ0v) is 12.8. The summed E-state index contributed by atoms with van der Waals surface area (Å²) in [5, 5.41) is 7.37. The largest absolute Gasteiger partial charge is 0.469 e. The lowest BCUT2D eigenvalue weighted by molar-refractivity contribution is 0.497. The van der Waals surface area contributed by atoms with Crippen molar-refractivity contribution in [2.24, 2.45) is 0 Å². The van der Waals surface area contributed by atoms with E-state index in [-0.39, 0.29) is 6.04 Å². The van der Waals surface area contributed by atoms with Crippen LogP contribution >= 0.6 is 11.8 Å². The van der Waals surface area contributed by atoms with Gasteiger partial charge < -0.3 is 15.1 Å². The highest BCUT2D eigenvalue weighted by Gasteiger charge is 2.09. The van der Waals surface area contributed by atoms with Crippen LogP contribution in [-0.4, -0.2) is 28.8 Å². The Kier molecular flexibility index (Phi) is 5.29. The Morgan fingerprint density at radius 2 is 2.15 bits per heavy atom. The van der Waals surface area contributed by atoms with Crippen LogP contribution in [0.25, 0.3) is 0 Å². The van der Waals surface area contributed by atoms with Crippen LogP contribution in [0.1, 0.15) is 19.6 Å². The van der Waals surface area contributed by atoms with E-state index in [1.54, 1.807) is 6.26 Å². The van der Waals surface area contributed by atoms with Crippen molar-refractivity contribution in [1.29, 1.82) is 0 Å². The van der Waals surface area contributed by atoms with Crippen molar-refractivity contribution in [3.63, 3.8) is 0 Å². The SMILES string of the molecule is CCNc1cc(NC(C)Cc2ccco2)nc(SC)n1. The minimum atomic E-state index is 0.236. The molecule has 0 aliphatic carbocycles. The minimum absolute atomic E-state index is 0.236. The van der Waals surface area contributed by atoms with Crippen molar-refractivity contribution in [2.75, 3.05) is 23.4 Å². The summed E-state index contributed by atoms with van der Waals surface area (Å²) >= 11 is 1.53. The molecule has 0 amide bonds. The smallest absolute Gasteiger partial charge is 0.191 e. The number of furan rings is 1. The van der Waals surface area contributed by atoms with Gasteiger partial charge in [0.25, 0.3) is 0 Å². The maximum absolute atomic E-state index is 5.36. The predicted molar refractivity (Wildman–Crippen MR) is 83.5 cm³/mol. The molecule has 2 rings (SSSR count). The molecule has 0 bridgehead atoms. The standard InChI is InChI=1S/C14H20N4OS/c1-4-15-12-9-13(18-14(17-12)20-3)16-10(2)8-11-6-5-7-19-11/h5-7,9-10H,4,8H2,1-3H3,(H2,15,16,17,18). The summed E-state index contributed by atoms with van der Waals surface area (Å²) in [6.45, 7) is 5.00. The van der Waals surface area contributed by atoms with Gasteiger partial charge in [-0.15, -0.1) is 0 Å². The third-order valence-electron chi connectivity index (χ3n) is 2.73. The number of hydrogen-bond acceptors (Lipinski definition) is 6. The van der Waals surface area contributed by atoms with Gasteiger partial charge in [0.1, 0.15) is 17.4 Å². The Bertz CT molecular complexity index is 530. The van der Waals surface area contributed by atoms with E-state index in [0.717, 1.165) is 35.5 Å². The Labute approximate surface area is 123 Å². The van der Waals surface area contributed by atoms with Crippen molar-refractivity contribution in [3.8, 4) is 0 Å². The fraction of sp³-hybridized carbons (Fsp3) is 0.429. The molecule has 0 aromatic carbocycles. The maximum atomic E-state index is 5.36. The molecule has 2 aromatic heterocycles. The molecule has 1 atom stereocenters. The van der Waals surface area contributed by atoms with Gasteiger partial charge >= 0.3 is 0 Å². The Morgan fingerprint density at radius 3 is 2.80 bits per heavy atom. The molecule has 6 heteroatoms. The molecule has 0 radical (unpaired) electrons. The van der Waals surface area contributed by atoms with E-state index in [1.165, 1.54) is 11.8 Å². The topological polar surface area (TPSA) is 63.0 Å². The van der Waals surface area contributed by atoms with Gasteiger partial charge in [0.2, 0.25) is 0 Å². The van der Waals surface area contributed by atoms with Gasteiger partial charge in [0, 0.05) is 25.1 Å². The fourth-order valence-corrected chi connectivity index (χ4v) is 2.28. The first kappa shape index (κ1) is 14.7. The lowest BCUT2D eigenvalue weighted by Gasteiger charge is -2.14. The van der Waals surface area contributed by atoms with E-state index in [4.69, 9.17) is 4.42 Å². The summed E-state index contributed by atoms with van der Waals surface area (Å²) in [6, 6.07) is 6.06. The molecule has 1 unspecified atom stereocenters. The van der Waals surface area contributed by atoms with Crippen LogP contribution in [0.4, 0.5) is 11.6 Å². The number of rotatable bonds is 7. The second-order valence-electron chi connectivity index (χ2n) is 4.48. The lowest BCUT2D eigenvalue weighted by Crippen LogP contribution is -2.19. The number of thioether (sulfide) groups is 1. The quantitative estimate of drug-likeness (QED) is 0.603. The van der Waals surface area contributed by atoms with Crippen LogP contribution < -0.4 is 10.6 Å². The van der Waals surface area contributed by atoms with E-state index in [1.807, 2.05) is 31.4 Å². The zero-order chi connectivity index (χ0) is 14.4. The molecule has 0 saturated heterocycles. The average molecular weight is 292 g/mol. The van der Waals surface area contributed by atoms with E-state index in [0.29, 0.717) is 0 Å². The summed E-state index contributed by atoms with van der Waals surface area (Å²) in [4.78, 5) is 8.88. The first-order valence-corrected chi connectivity index (χ1v) is 7.89. The normalized spacial score (nSPS) is 12.2. The van der Waals surface area contributed by atoms with Crippen LogP contribution in [-0.2, 0) is 6.42 Å². The second-order valence-corrected chi connectivity index (χ2v) is 5.26. The van der Waals surface area contributed by atoms with Crippen molar-refractivity contribution in [2.45, 2.75) is 31.5 Å². The molecule has 2 heterocycles. The molecular formula is C14H20N4OS. The molecule has 0 fully saturated rings. The molecular weight excluding hydrogens is 272 g/mol. The number of nitrogens with zero attached hydrogens (tertiary/aromatic N) is 2. The first-order chi connectivity index (χ1) is 9.71. The summed E-state index contributed by atoms with van der Waals surface area (Å²) in [7, 11) is 0. The Morgan fingerprint density at radius 1 is 1.35 bits per heavy atom. The van der Waals surface area contributed by atoms with Crippen LogP contribution in [0.5, 0.6) is 0 Å². The zero-order valence-electron chi connectivity index (χ0n) is 12.0. The van der Waals surface area contributed by atoms with Gasteiger partial charge in [-0.2, -0.15) is 0 Å². The fourth-order valence-electron chi connectivity index (χ4n) is 1.90. The molecule has 0 aliphatic heterocycles. The highest BCUT2D eigenvalue weighted by Crippen LogP contribution is 2.18. The Hall–Kier alpha value is -1.69. The maximum Gasteiger partial charge on any atom is 0.191 e. The van der Waals surface area contributed by atoms with E-state index in [2.05, 4.69) is 27.5 Å². The molecule has 0 saturated carbocycles. The predicted octanol–water partition coefficient (Wildman–Crippen LogP) is 3.27. The van der Waals surface area contributed by atoms with Crippen LogP contribution in [0.3, 0.4) is 0 Å². The first-order valence-electron chi connectivity index (χ1n) is 6.67. The summed E-state index contributed by atoms with van der Waals surface area (Å²) in [5.41, 5.74) is 0. The van der Waals surface area contributed by atoms with Crippen LogP contribution in [0.15, 0.2) is 34.0 Å². The molecule has 2 N–H and O–H groups in total. The average Bonchev–Trinajstić information content (AvgIpc) is 2.91. The van der Waals surface area contributed by atoms with E-state index in [9.17, 15) is 0 Å². The summed E-state index contributed by atoms with van der Waals surface area (Å²) in [6.07, 6.45) is 4.49. The van der Waals surface area contributed by atoms with Crippen LogP contribution in [0.2, 0.25) is 0 Å². The molecule has 0 aliphatic rings. The molecule has 20 heavy (non-hydrogen) atoms. The van der Waals surface area contributed by atoms with E-state index < -0.39 is 0 Å². The molecule has 5 nitrogen and oxygen atoms in total. The molecule has 0 spiro atoms. The Balaban J connectivity index is 2.05. The second kappa shape index (κ2) is 7.19. The number of aromatic nitrogens is 2. The minimum Gasteiger partial charge on any atom is -0.469 e. The number of anilines is 2. The monoisotopic (exact) mass is 292 g/mol. The van der Waals surface area contributed by atoms with Crippen molar-refractivity contribution < 1.29 is 4.42 Å². The van der Waals surface area contributed by atoms with E-state index >= 15 is 0 Å². The van der Waals surface area contributed by atoms with Crippen molar-refractivity contribution >= 4 is 23.4 Å². The number of nitrogens with one attached hydrogen (secondary N) is 2. The van der Waals surface area contributed by atoms with Gasteiger partial charge in [-0.25, -0.2) is 9.97 Å². The third-order valence-corrected chi connectivity index (χ3v) is 3.28. The lowest BCUT2D eigenvalue weighted by atomic mass is 10.2. The highest BCUT2D eigenvalue weighted by atomic mass is 32.2. The number of hydrogen-bond donors (Lipinski definition) is 2. The van der Waals surface area contributed by atoms with Gasteiger partial charge in [-0.1, -0.05) is 11.8 Å². The van der Waals surface area contributed by atoms with Gasteiger partial charge in [-0.3, -0.25) is 0 Å². The van der Waals surface area contributed by atoms with Gasteiger partial charge in [0.05, 0.1) is 6.26 Å².